The Bertz CT molecular complexity index is 464. The Morgan fingerprint density at radius 2 is 1.95 bits per heavy atom. The topological polar surface area (TPSA) is 80.4 Å². The molecule has 0 saturated heterocycles. The van der Waals surface area contributed by atoms with Crippen LogP contribution in [0.2, 0.25) is 0 Å². The number of nitrogen functional groups attached to an aromatic ring is 1. The van der Waals surface area contributed by atoms with Gasteiger partial charge in [0.05, 0.1) is 12.2 Å². The van der Waals surface area contributed by atoms with Crippen LogP contribution < -0.4 is 11.1 Å². The van der Waals surface area contributed by atoms with E-state index in [0.29, 0.717) is 24.5 Å². The van der Waals surface area contributed by atoms with Crippen molar-refractivity contribution in [3.05, 3.63) is 18.0 Å². The molecule has 0 atom stereocenters. The zero-order valence-electron chi connectivity index (χ0n) is 12.5. The fourth-order valence-electron chi connectivity index (χ4n) is 2.08. The summed E-state index contributed by atoms with van der Waals surface area (Å²) in [4.78, 5) is 25.6. The van der Waals surface area contributed by atoms with Gasteiger partial charge in [-0.1, -0.05) is 6.92 Å². The third-order valence-electron chi connectivity index (χ3n) is 3.13. The quantitative estimate of drug-likeness (QED) is 0.784. The number of nitrogens with two attached hydrogens (primary N) is 1. The molecule has 0 radical (unpaired) electrons. The number of hydrogen-bond donors (Lipinski definition) is 2. The largest absolute Gasteiger partial charge is 0.397 e. The van der Waals surface area contributed by atoms with Gasteiger partial charge >= 0.3 is 0 Å². The van der Waals surface area contributed by atoms with E-state index in [9.17, 15) is 9.59 Å². The molecule has 0 spiro atoms. The second kappa shape index (κ2) is 7.57. The van der Waals surface area contributed by atoms with Gasteiger partial charge in [0.15, 0.2) is 0 Å². The van der Waals surface area contributed by atoms with Crippen molar-refractivity contribution < 1.29 is 9.59 Å². The molecule has 1 rings (SSSR count). The van der Waals surface area contributed by atoms with Crippen molar-refractivity contribution in [1.82, 2.24) is 14.8 Å². The van der Waals surface area contributed by atoms with E-state index in [2.05, 4.69) is 5.32 Å². The number of aromatic nitrogens is 1. The lowest BCUT2D eigenvalue weighted by atomic mass is 10.3. The molecule has 0 aromatic carbocycles. The standard InChI is InChI=1S/C14H24N4O2/c1-4-7-18-10-11(15)8-12(18)14(20)16-9-13(19)17(5-2)6-3/h8,10H,4-7,9,15H2,1-3H3,(H,16,20). The highest BCUT2D eigenvalue weighted by atomic mass is 16.2. The number of nitrogens with zero attached hydrogens (tertiary/aromatic N) is 2. The maximum atomic E-state index is 12.1. The first-order valence-electron chi connectivity index (χ1n) is 7.05. The van der Waals surface area contributed by atoms with E-state index >= 15 is 0 Å². The van der Waals surface area contributed by atoms with E-state index < -0.39 is 0 Å². The van der Waals surface area contributed by atoms with E-state index in [1.165, 1.54) is 0 Å². The van der Waals surface area contributed by atoms with Crippen LogP contribution in [0.15, 0.2) is 12.3 Å². The number of aryl methyl sites for hydroxylation is 1. The third kappa shape index (κ3) is 4.01. The fraction of sp³-hybridized carbons (Fsp3) is 0.571. The molecule has 112 valence electrons. The molecule has 1 heterocycles. The number of nitrogens with one attached hydrogen (secondary N) is 1. The van der Waals surface area contributed by atoms with Gasteiger partial charge in [-0.25, -0.2) is 0 Å². The lowest BCUT2D eigenvalue weighted by Crippen LogP contribution is -2.40. The van der Waals surface area contributed by atoms with Crippen molar-refractivity contribution in [2.24, 2.45) is 0 Å². The van der Waals surface area contributed by atoms with Crippen LogP contribution in [-0.4, -0.2) is 40.9 Å². The van der Waals surface area contributed by atoms with Crippen LogP contribution in [0.3, 0.4) is 0 Å². The molecule has 2 amide bonds. The molecule has 0 aliphatic rings. The van der Waals surface area contributed by atoms with Crippen molar-refractivity contribution in [3.63, 3.8) is 0 Å². The molecular formula is C14H24N4O2. The van der Waals surface area contributed by atoms with Crippen molar-refractivity contribution in [3.8, 4) is 0 Å². The first-order valence-corrected chi connectivity index (χ1v) is 7.05. The van der Waals surface area contributed by atoms with E-state index in [1.54, 1.807) is 17.2 Å². The monoisotopic (exact) mass is 280 g/mol. The third-order valence-corrected chi connectivity index (χ3v) is 3.13. The van der Waals surface area contributed by atoms with Crippen LogP contribution in [-0.2, 0) is 11.3 Å². The van der Waals surface area contributed by atoms with E-state index in [-0.39, 0.29) is 18.4 Å². The summed E-state index contributed by atoms with van der Waals surface area (Å²) in [7, 11) is 0. The minimum atomic E-state index is -0.268. The van der Waals surface area contributed by atoms with Crippen LogP contribution in [0.1, 0.15) is 37.7 Å². The van der Waals surface area contributed by atoms with Gasteiger partial charge in [-0.05, 0) is 26.3 Å². The van der Waals surface area contributed by atoms with E-state index in [0.717, 1.165) is 13.0 Å². The van der Waals surface area contributed by atoms with Gasteiger partial charge in [-0.2, -0.15) is 0 Å². The summed E-state index contributed by atoms with van der Waals surface area (Å²) in [6, 6.07) is 1.63. The maximum Gasteiger partial charge on any atom is 0.268 e. The van der Waals surface area contributed by atoms with E-state index in [1.807, 2.05) is 25.3 Å². The number of carbonyl (C=O) groups excluding carboxylic acids is 2. The molecule has 3 N–H and O–H groups in total. The lowest BCUT2D eigenvalue weighted by Gasteiger charge is -2.18. The first-order chi connectivity index (χ1) is 9.53. The fourth-order valence-corrected chi connectivity index (χ4v) is 2.08. The van der Waals surface area contributed by atoms with Crippen LogP contribution >= 0.6 is 0 Å². The van der Waals surface area contributed by atoms with Crippen LogP contribution in [0.5, 0.6) is 0 Å². The van der Waals surface area contributed by atoms with Crippen molar-refractivity contribution in [2.75, 3.05) is 25.4 Å². The molecule has 1 aromatic heterocycles. The van der Waals surface area contributed by atoms with Gasteiger partial charge < -0.3 is 20.5 Å². The Hall–Kier alpha value is -1.98. The summed E-state index contributed by atoms with van der Waals surface area (Å²) in [5.74, 6) is -0.347. The highest BCUT2D eigenvalue weighted by Gasteiger charge is 2.15. The highest BCUT2D eigenvalue weighted by molar-refractivity contribution is 5.96. The Morgan fingerprint density at radius 1 is 1.30 bits per heavy atom. The van der Waals surface area contributed by atoms with Gasteiger partial charge in [0.2, 0.25) is 5.91 Å². The van der Waals surface area contributed by atoms with Crippen LogP contribution in [0.4, 0.5) is 5.69 Å². The summed E-state index contributed by atoms with van der Waals surface area (Å²) in [6.45, 7) is 7.88. The summed E-state index contributed by atoms with van der Waals surface area (Å²) in [5.41, 5.74) is 6.77. The Kier molecular flexibility index (Phi) is 6.09. The van der Waals surface area contributed by atoms with Crippen molar-refractivity contribution >= 4 is 17.5 Å². The zero-order chi connectivity index (χ0) is 15.1. The average Bonchev–Trinajstić information content (AvgIpc) is 2.79. The molecule has 6 nitrogen and oxygen atoms in total. The Labute approximate surface area is 119 Å². The average molecular weight is 280 g/mol. The molecule has 6 heteroatoms. The van der Waals surface area contributed by atoms with Gasteiger partial charge in [0.1, 0.15) is 5.69 Å². The minimum absolute atomic E-state index is 0.0116. The predicted octanol–water partition coefficient (Wildman–Crippen LogP) is 1.08. The smallest absolute Gasteiger partial charge is 0.268 e. The van der Waals surface area contributed by atoms with Gasteiger partial charge in [-0.3, -0.25) is 9.59 Å². The van der Waals surface area contributed by atoms with Gasteiger partial charge in [0, 0.05) is 25.8 Å². The minimum Gasteiger partial charge on any atom is -0.397 e. The SMILES string of the molecule is CCCn1cc(N)cc1C(=O)NCC(=O)N(CC)CC. The molecule has 0 aliphatic carbocycles. The van der Waals surface area contributed by atoms with E-state index in [4.69, 9.17) is 5.73 Å². The highest BCUT2D eigenvalue weighted by Crippen LogP contribution is 2.11. The molecule has 0 saturated carbocycles. The number of rotatable bonds is 7. The summed E-state index contributed by atoms with van der Waals surface area (Å²) >= 11 is 0. The second-order valence-corrected chi connectivity index (χ2v) is 4.60. The van der Waals surface area contributed by atoms with Gasteiger partial charge in [0.25, 0.3) is 5.91 Å². The summed E-state index contributed by atoms with van der Waals surface area (Å²) < 4.78 is 1.81. The Balaban J connectivity index is 2.65. The lowest BCUT2D eigenvalue weighted by molar-refractivity contribution is -0.129. The normalized spacial score (nSPS) is 10.3. The predicted molar refractivity (Wildman–Crippen MR) is 79.4 cm³/mol. The molecular weight excluding hydrogens is 256 g/mol. The number of amides is 2. The molecule has 1 aromatic rings. The number of anilines is 1. The molecule has 0 unspecified atom stereocenters. The second-order valence-electron chi connectivity index (χ2n) is 4.60. The van der Waals surface area contributed by atoms with Crippen LogP contribution in [0, 0.1) is 0 Å². The Morgan fingerprint density at radius 3 is 2.50 bits per heavy atom. The molecule has 0 aliphatic heterocycles. The maximum absolute atomic E-state index is 12.1. The first kappa shape index (κ1) is 16.1. The van der Waals surface area contributed by atoms with Crippen LogP contribution in [0.25, 0.3) is 0 Å². The molecule has 0 fully saturated rings. The number of likely N-dealkylation sites (N-methyl/N-ethyl adjacent to an activating group) is 1. The van der Waals surface area contributed by atoms with Crippen molar-refractivity contribution in [1.29, 1.82) is 0 Å². The number of hydrogen-bond acceptors (Lipinski definition) is 3. The van der Waals surface area contributed by atoms with Gasteiger partial charge in [-0.15, -0.1) is 0 Å². The zero-order valence-corrected chi connectivity index (χ0v) is 12.5. The molecule has 20 heavy (non-hydrogen) atoms. The summed E-state index contributed by atoms with van der Waals surface area (Å²) in [5, 5.41) is 2.65. The van der Waals surface area contributed by atoms with Crippen molar-refractivity contribution in [2.45, 2.75) is 33.7 Å². The molecule has 0 bridgehead atoms. The summed E-state index contributed by atoms with van der Waals surface area (Å²) in [6.07, 6.45) is 2.65. The number of carbonyl (C=O) groups is 2.